The molecule has 0 spiro atoms. The number of nitrogens with zero attached hydrogens (tertiary/aromatic N) is 4. The van der Waals surface area contributed by atoms with Crippen molar-refractivity contribution in [3.63, 3.8) is 0 Å². The highest BCUT2D eigenvalue weighted by molar-refractivity contribution is 5.73. The minimum Gasteiger partial charge on any atom is -0.497 e. The van der Waals surface area contributed by atoms with Crippen LogP contribution in [0.5, 0.6) is 5.75 Å². The van der Waals surface area contributed by atoms with Crippen molar-refractivity contribution in [2.45, 2.75) is 34.2 Å². The van der Waals surface area contributed by atoms with Gasteiger partial charge in [-0.1, -0.05) is 27.7 Å². The Labute approximate surface area is 125 Å². The van der Waals surface area contributed by atoms with Crippen molar-refractivity contribution in [2.24, 2.45) is 11.3 Å². The normalized spacial score (nSPS) is 11.9. The molecule has 114 valence electrons. The smallest absolute Gasteiger partial charge is 0.184 e. The fraction of sp³-hybridized carbons (Fsp3) is 0.533. The molecule has 1 aromatic carbocycles. The van der Waals surface area contributed by atoms with Gasteiger partial charge in [0.25, 0.3) is 0 Å². The van der Waals surface area contributed by atoms with Gasteiger partial charge in [-0.2, -0.15) is 0 Å². The maximum atomic E-state index is 6.06. The predicted molar refractivity (Wildman–Crippen MR) is 82.8 cm³/mol. The first kappa shape index (κ1) is 15.3. The Hall–Kier alpha value is -2.11. The third-order valence-electron chi connectivity index (χ3n) is 4.15. The van der Waals surface area contributed by atoms with Gasteiger partial charge in [-0.3, -0.25) is 0 Å². The van der Waals surface area contributed by atoms with Crippen molar-refractivity contribution in [1.82, 2.24) is 20.2 Å². The highest BCUT2D eigenvalue weighted by atomic mass is 16.5. The Morgan fingerprint density at radius 3 is 2.67 bits per heavy atom. The molecule has 0 aliphatic rings. The lowest BCUT2D eigenvalue weighted by molar-refractivity contribution is 0.200. The van der Waals surface area contributed by atoms with Gasteiger partial charge in [0.1, 0.15) is 5.75 Å². The second-order valence-electron chi connectivity index (χ2n) is 6.26. The molecule has 0 amide bonds. The van der Waals surface area contributed by atoms with E-state index in [1.165, 1.54) is 0 Å². The molecule has 2 N–H and O–H groups in total. The Morgan fingerprint density at radius 2 is 2.05 bits per heavy atom. The van der Waals surface area contributed by atoms with Crippen LogP contribution in [-0.2, 0) is 6.54 Å². The summed E-state index contributed by atoms with van der Waals surface area (Å²) in [4.78, 5) is 0. The van der Waals surface area contributed by atoms with E-state index in [0.717, 1.165) is 17.9 Å². The number of ether oxygens (including phenoxy) is 1. The van der Waals surface area contributed by atoms with Crippen LogP contribution < -0.4 is 10.5 Å². The highest BCUT2D eigenvalue weighted by Crippen LogP contribution is 2.32. The molecule has 0 fully saturated rings. The van der Waals surface area contributed by atoms with Crippen molar-refractivity contribution in [2.75, 3.05) is 12.8 Å². The van der Waals surface area contributed by atoms with Crippen molar-refractivity contribution >= 4 is 5.69 Å². The van der Waals surface area contributed by atoms with E-state index in [0.29, 0.717) is 17.4 Å². The van der Waals surface area contributed by atoms with Gasteiger partial charge in [0.2, 0.25) is 0 Å². The third kappa shape index (κ3) is 3.15. The summed E-state index contributed by atoms with van der Waals surface area (Å²) in [6, 6.07) is 5.49. The molecule has 2 rings (SSSR count). The number of anilines is 1. The number of hydrogen-bond donors (Lipinski definition) is 1. The monoisotopic (exact) mass is 289 g/mol. The van der Waals surface area contributed by atoms with Gasteiger partial charge in [-0.15, -0.1) is 5.10 Å². The maximum Gasteiger partial charge on any atom is 0.184 e. The van der Waals surface area contributed by atoms with E-state index in [-0.39, 0.29) is 5.41 Å². The maximum absolute atomic E-state index is 6.06. The highest BCUT2D eigenvalue weighted by Gasteiger charge is 2.25. The molecule has 6 heteroatoms. The molecule has 0 saturated carbocycles. The third-order valence-corrected chi connectivity index (χ3v) is 4.15. The van der Waals surface area contributed by atoms with Crippen LogP contribution in [0.1, 0.15) is 27.7 Å². The fourth-order valence-electron chi connectivity index (χ4n) is 1.93. The van der Waals surface area contributed by atoms with Gasteiger partial charge in [0.15, 0.2) is 5.82 Å². The van der Waals surface area contributed by atoms with E-state index in [1.807, 2.05) is 16.8 Å². The van der Waals surface area contributed by atoms with Crippen LogP contribution in [0.3, 0.4) is 0 Å². The van der Waals surface area contributed by atoms with Crippen LogP contribution in [0.2, 0.25) is 0 Å². The number of nitrogens with two attached hydrogens (primary N) is 1. The van der Waals surface area contributed by atoms with E-state index in [9.17, 15) is 0 Å². The summed E-state index contributed by atoms with van der Waals surface area (Å²) in [5.74, 6) is 1.91. The summed E-state index contributed by atoms with van der Waals surface area (Å²) in [6.45, 7) is 9.54. The molecular formula is C15H23N5O. The van der Waals surface area contributed by atoms with Gasteiger partial charge < -0.3 is 10.5 Å². The number of nitrogen functional groups attached to an aromatic ring is 1. The van der Waals surface area contributed by atoms with Crippen LogP contribution in [0.25, 0.3) is 11.4 Å². The average Bonchev–Trinajstić information content (AvgIpc) is 2.86. The van der Waals surface area contributed by atoms with Gasteiger partial charge in [-0.25, -0.2) is 4.68 Å². The summed E-state index contributed by atoms with van der Waals surface area (Å²) in [7, 11) is 1.63. The van der Waals surface area contributed by atoms with Crippen LogP contribution in [-0.4, -0.2) is 27.3 Å². The molecule has 0 unspecified atom stereocenters. The summed E-state index contributed by atoms with van der Waals surface area (Å²) in [5.41, 5.74) is 7.57. The van der Waals surface area contributed by atoms with E-state index in [1.54, 1.807) is 13.2 Å². The summed E-state index contributed by atoms with van der Waals surface area (Å²) in [6.07, 6.45) is 0. The standard InChI is InChI=1S/C15H23N5O/c1-10(2)15(3,4)9-20-14(17-18-19-20)12-8-11(21-5)6-7-13(12)16/h6-8,10H,9,16H2,1-5H3. The summed E-state index contributed by atoms with van der Waals surface area (Å²) < 4.78 is 7.06. The Morgan fingerprint density at radius 1 is 1.33 bits per heavy atom. The van der Waals surface area contributed by atoms with Gasteiger partial charge >= 0.3 is 0 Å². The molecule has 1 heterocycles. The van der Waals surface area contributed by atoms with Crippen LogP contribution in [0, 0.1) is 11.3 Å². The molecule has 6 nitrogen and oxygen atoms in total. The zero-order chi connectivity index (χ0) is 15.6. The second kappa shape index (κ2) is 5.71. The zero-order valence-corrected chi connectivity index (χ0v) is 13.3. The molecule has 2 aromatic rings. The predicted octanol–water partition coefficient (Wildman–Crippen LogP) is 2.61. The van der Waals surface area contributed by atoms with Crippen molar-refractivity contribution in [3.05, 3.63) is 18.2 Å². The van der Waals surface area contributed by atoms with Crippen molar-refractivity contribution in [1.29, 1.82) is 0 Å². The minimum absolute atomic E-state index is 0.0811. The average molecular weight is 289 g/mol. The lowest BCUT2D eigenvalue weighted by Gasteiger charge is -2.29. The lowest BCUT2D eigenvalue weighted by atomic mass is 9.81. The molecule has 0 radical (unpaired) electrons. The number of aromatic nitrogens is 4. The fourth-order valence-corrected chi connectivity index (χ4v) is 1.93. The van der Waals surface area contributed by atoms with E-state index >= 15 is 0 Å². The van der Waals surface area contributed by atoms with Crippen LogP contribution >= 0.6 is 0 Å². The van der Waals surface area contributed by atoms with Crippen LogP contribution in [0.15, 0.2) is 18.2 Å². The SMILES string of the molecule is COc1ccc(N)c(-c2nnnn2CC(C)(C)C(C)C)c1. The second-order valence-corrected chi connectivity index (χ2v) is 6.26. The first-order chi connectivity index (χ1) is 9.85. The number of methoxy groups -OCH3 is 1. The number of tetrazole rings is 1. The first-order valence-electron chi connectivity index (χ1n) is 7.05. The molecule has 0 bridgehead atoms. The Balaban J connectivity index is 2.41. The lowest BCUT2D eigenvalue weighted by Crippen LogP contribution is -2.26. The quantitative estimate of drug-likeness (QED) is 0.856. The largest absolute Gasteiger partial charge is 0.497 e. The number of hydrogen-bond acceptors (Lipinski definition) is 5. The summed E-state index contributed by atoms with van der Waals surface area (Å²) in [5, 5.41) is 12.1. The molecular weight excluding hydrogens is 266 g/mol. The first-order valence-corrected chi connectivity index (χ1v) is 7.05. The van der Waals surface area contributed by atoms with Gasteiger partial charge in [0.05, 0.1) is 13.7 Å². The summed E-state index contributed by atoms with van der Waals surface area (Å²) >= 11 is 0. The number of rotatable bonds is 5. The number of benzene rings is 1. The molecule has 0 aliphatic carbocycles. The molecule has 0 saturated heterocycles. The Kier molecular flexibility index (Phi) is 4.16. The topological polar surface area (TPSA) is 78.8 Å². The zero-order valence-electron chi connectivity index (χ0n) is 13.3. The minimum atomic E-state index is 0.0811. The van der Waals surface area contributed by atoms with E-state index < -0.39 is 0 Å². The molecule has 21 heavy (non-hydrogen) atoms. The Bertz CT molecular complexity index is 618. The van der Waals surface area contributed by atoms with Crippen LogP contribution in [0.4, 0.5) is 5.69 Å². The van der Waals surface area contributed by atoms with Crippen molar-refractivity contribution < 1.29 is 4.74 Å². The molecule has 0 aliphatic heterocycles. The molecule has 0 atom stereocenters. The van der Waals surface area contributed by atoms with Gasteiger partial charge in [-0.05, 0) is 40.0 Å². The molecule has 1 aromatic heterocycles. The van der Waals surface area contributed by atoms with E-state index in [2.05, 4.69) is 43.2 Å². The van der Waals surface area contributed by atoms with E-state index in [4.69, 9.17) is 10.5 Å². The van der Waals surface area contributed by atoms with Gasteiger partial charge in [0, 0.05) is 11.3 Å². The van der Waals surface area contributed by atoms with Crippen molar-refractivity contribution in [3.8, 4) is 17.1 Å².